The van der Waals surface area contributed by atoms with E-state index in [0.717, 1.165) is 12.8 Å². The van der Waals surface area contributed by atoms with E-state index in [2.05, 4.69) is 13.8 Å². The fraction of sp³-hybridized carbons (Fsp3) is 0.889. The predicted octanol–water partition coefficient (Wildman–Crippen LogP) is 1.98. The molecule has 1 saturated heterocycles. The largest absolute Gasteiger partial charge is 0.462 e. The van der Waals surface area contributed by atoms with Crippen molar-refractivity contribution in [1.29, 1.82) is 0 Å². The number of carbonyl (C=O) groups excluding carboxylic acids is 1. The molecule has 2 atom stereocenters. The highest BCUT2D eigenvalue weighted by atomic mass is 16.5. The molecule has 0 radical (unpaired) electrons. The second-order valence-electron chi connectivity index (χ2n) is 3.70. The predicted molar refractivity (Wildman–Crippen MR) is 43.1 cm³/mol. The summed E-state index contributed by atoms with van der Waals surface area (Å²) in [5, 5.41) is 0. The minimum atomic E-state index is -0.0186. The van der Waals surface area contributed by atoms with E-state index in [0.29, 0.717) is 5.92 Å². The van der Waals surface area contributed by atoms with Gasteiger partial charge in [0.2, 0.25) is 0 Å². The summed E-state index contributed by atoms with van der Waals surface area (Å²) < 4.78 is 5.22. The molecule has 11 heavy (non-hydrogen) atoms. The second-order valence-corrected chi connectivity index (χ2v) is 3.70. The molecule has 0 aromatic carbocycles. The van der Waals surface area contributed by atoms with Crippen LogP contribution in [-0.4, -0.2) is 12.1 Å². The van der Waals surface area contributed by atoms with E-state index in [1.165, 1.54) is 0 Å². The minimum absolute atomic E-state index is 0.0186. The Hall–Kier alpha value is -0.530. The summed E-state index contributed by atoms with van der Waals surface area (Å²) in [4.78, 5) is 11.1. The first kappa shape index (κ1) is 8.57. The van der Waals surface area contributed by atoms with Crippen molar-refractivity contribution in [3.63, 3.8) is 0 Å². The Kier molecular flexibility index (Phi) is 2.53. The molecule has 1 aliphatic rings. The summed E-state index contributed by atoms with van der Waals surface area (Å²) in [6, 6.07) is 0. The van der Waals surface area contributed by atoms with Gasteiger partial charge in [-0.2, -0.15) is 0 Å². The van der Waals surface area contributed by atoms with Crippen LogP contribution >= 0.6 is 0 Å². The van der Waals surface area contributed by atoms with Crippen LogP contribution < -0.4 is 0 Å². The van der Waals surface area contributed by atoms with Crippen LogP contribution in [0.25, 0.3) is 0 Å². The van der Waals surface area contributed by atoms with Gasteiger partial charge in [-0.05, 0) is 18.8 Å². The summed E-state index contributed by atoms with van der Waals surface area (Å²) in [5.41, 5.74) is 0. The van der Waals surface area contributed by atoms with Crippen molar-refractivity contribution in [2.45, 2.75) is 39.7 Å². The average Bonchev–Trinajstić information content (AvgIpc) is 1.94. The first-order valence-corrected chi connectivity index (χ1v) is 4.31. The van der Waals surface area contributed by atoms with Crippen LogP contribution in [-0.2, 0) is 9.53 Å². The number of rotatable bonds is 1. The molecule has 0 amide bonds. The lowest BCUT2D eigenvalue weighted by molar-refractivity contribution is -0.162. The Bertz CT molecular complexity index is 152. The van der Waals surface area contributed by atoms with E-state index < -0.39 is 0 Å². The fourth-order valence-electron chi connectivity index (χ4n) is 1.33. The van der Waals surface area contributed by atoms with Gasteiger partial charge in [0.25, 0.3) is 0 Å². The molecule has 0 N–H and O–H groups in total. The number of esters is 1. The van der Waals surface area contributed by atoms with Gasteiger partial charge in [-0.25, -0.2) is 0 Å². The van der Waals surface area contributed by atoms with Gasteiger partial charge in [0, 0.05) is 0 Å². The summed E-state index contributed by atoms with van der Waals surface area (Å²) in [6.07, 6.45) is 2.19. The zero-order chi connectivity index (χ0) is 8.43. The Labute approximate surface area is 67.9 Å². The Morgan fingerprint density at radius 1 is 1.45 bits per heavy atom. The van der Waals surface area contributed by atoms with Gasteiger partial charge in [0.15, 0.2) is 0 Å². The van der Waals surface area contributed by atoms with Crippen LogP contribution in [0.2, 0.25) is 0 Å². The summed E-state index contributed by atoms with van der Waals surface area (Å²) in [6.45, 7) is 6.11. The highest BCUT2D eigenvalue weighted by Gasteiger charge is 2.28. The average molecular weight is 156 g/mol. The lowest BCUT2D eigenvalue weighted by Crippen LogP contribution is -2.32. The zero-order valence-corrected chi connectivity index (χ0v) is 7.46. The van der Waals surface area contributed by atoms with Crippen molar-refractivity contribution in [3.05, 3.63) is 0 Å². The Balaban J connectivity index is 2.46. The summed E-state index contributed by atoms with van der Waals surface area (Å²) in [7, 11) is 0. The number of hydrogen-bond donors (Lipinski definition) is 0. The van der Waals surface area contributed by atoms with Gasteiger partial charge in [-0.1, -0.05) is 20.8 Å². The van der Waals surface area contributed by atoms with Gasteiger partial charge in [0.1, 0.15) is 6.10 Å². The highest BCUT2D eigenvalue weighted by molar-refractivity contribution is 5.72. The van der Waals surface area contributed by atoms with Crippen molar-refractivity contribution in [1.82, 2.24) is 0 Å². The van der Waals surface area contributed by atoms with Crippen LogP contribution in [0.1, 0.15) is 33.6 Å². The molecule has 2 nitrogen and oxygen atoms in total. The van der Waals surface area contributed by atoms with Crippen LogP contribution in [0.3, 0.4) is 0 Å². The number of ether oxygens (including phenoxy) is 1. The van der Waals surface area contributed by atoms with Crippen LogP contribution in [0.15, 0.2) is 0 Å². The molecule has 0 spiro atoms. The number of carbonyl (C=O) groups is 1. The summed E-state index contributed by atoms with van der Waals surface area (Å²) >= 11 is 0. The van der Waals surface area contributed by atoms with Crippen molar-refractivity contribution in [2.75, 3.05) is 0 Å². The smallest absolute Gasteiger partial charge is 0.308 e. The maximum atomic E-state index is 11.1. The normalized spacial score (nSPS) is 32.2. The molecule has 2 heteroatoms. The maximum absolute atomic E-state index is 11.1. The molecule has 1 rings (SSSR count). The SMILES string of the molecule is CC1CCC(C(C)C)OC1=O. The van der Waals surface area contributed by atoms with E-state index in [4.69, 9.17) is 4.74 Å². The third kappa shape index (κ3) is 1.95. The molecule has 1 fully saturated rings. The Morgan fingerprint density at radius 3 is 2.55 bits per heavy atom. The first-order chi connectivity index (χ1) is 5.11. The quantitative estimate of drug-likeness (QED) is 0.543. The molecule has 64 valence electrons. The van der Waals surface area contributed by atoms with Gasteiger partial charge < -0.3 is 4.74 Å². The molecule has 2 unspecified atom stereocenters. The molecule has 1 aliphatic heterocycles. The summed E-state index contributed by atoms with van der Waals surface area (Å²) in [5.74, 6) is 0.561. The standard InChI is InChI=1S/C9H16O2/c1-6(2)8-5-4-7(3)9(10)11-8/h6-8H,4-5H2,1-3H3. The molecule has 0 bridgehead atoms. The monoisotopic (exact) mass is 156 g/mol. The molecule has 0 aromatic heterocycles. The van der Waals surface area contributed by atoms with E-state index in [-0.39, 0.29) is 18.0 Å². The highest BCUT2D eigenvalue weighted by Crippen LogP contribution is 2.23. The van der Waals surface area contributed by atoms with Gasteiger partial charge in [0.05, 0.1) is 5.92 Å². The molecule has 0 aromatic rings. The first-order valence-electron chi connectivity index (χ1n) is 4.31. The van der Waals surface area contributed by atoms with E-state index in [1.54, 1.807) is 0 Å². The number of cyclic esters (lactones) is 1. The third-order valence-electron chi connectivity index (χ3n) is 2.30. The maximum Gasteiger partial charge on any atom is 0.308 e. The van der Waals surface area contributed by atoms with Crippen LogP contribution in [0.4, 0.5) is 0 Å². The topological polar surface area (TPSA) is 26.3 Å². The lowest BCUT2D eigenvalue weighted by atomic mass is 9.94. The molecule has 0 saturated carbocycles. The van der Waals surface area contributed by atoms with Gasteiger partial charge in [-0.15, -0.1) is 0 Å². The van der Waals surface area contributed by atoms with Gasteiger partial charge >= 0.3 is 5.97 Å². The van der Waals surface area contributed by atoms with Crippen LogP contribution in [0, 0.1) is 11.8 Å². The van der Waals surface area contributed by atoms with Crippen molar-refractivity contribution in [2.24, 2.45) is 11.8 Å². The van der Waals surface area contributed by atoms with Crippen LogP contribution in [0.5, 0.6) is 0 Å². The second kappa shape index (κ2) is 3.24. The molecule has 0 aliphatic carbocycles. The van der Waals surface area contributed by atoms with E-state index in [9.17, 15) is 4.79 Å². The molecule has 1 heterocycles. The van der Waals surface area contributed by atoms with Crippen molar-refractivity contribution in [3.8, 4) is 0 Å². The van der Waals surface area contributed by atoms with Crippen molar-refractivity contribution < 1.29 is 9.53 Å². The Morgan fingerprint density at radius 2 is 2.09 bits per heavy atom. The minimum Gasteiger partial charge on any atom is -0.462 e. The number of hydrogen-bond acceptors (Lipinski definition) is 2. The fourth-order valence-corrected chi connectivity index (χ4v) is 1.33. The van der Waals surface area contributed by atoms with E-state index >= 15 is 0 Å². The van der Waals surface area contributed by atoms with Gasteiger partial charge in [-0.3, -0.25) is 4.79 Å². The lowest BCUT2D eigenvalue weighted by Gasteiger charge is -2.28. The van der Waals surface area contributed by atoms with E-state index in [1.807, 2.05) is 6.92 Å². The molecular formula is C9H16O2. The van der Waals surface area contributed by atoms with Crippen molar-refractivity contribution >= 4 is 5.97 Å². The zero-order valence-electron chi connectivity index (χ0n) is 7.46. The molecular weight excluding hydrogens is 140 g/mol. The third-order valence-corrected chi connectivity index (χ3v) is 2.30.